The molecule has 2 heteroatoms. The van der Waals surface area contributed by atoms with Crippen LogP contribution < -0.4 is 0 Å². The Morgan fingerprint density at radius 2 is 1.91 bits per heavy atom. The summed E-state index contributed by atoms with van der Waals surface area (Å²) in [6.07, 6.45) is 1.24. The molecule has 1 fully saturated rings. The largest absolute Gasteiger partial charge is 0.385 e. The van der Waals surface area contributed by atoms with Gasteiger partial charge in [-0.05, 0) is 19.4 Å². The molecule has 1 rings (SSSR count). The van der Waals surface area contributed by atoms with Crippen LogP contribution in [0.3, 0.4) is 0 Å². The Hall–Kier alpha value is -0.0800. The molecular formula is C9H21NO. The van der Waals surface area contributed by atoms with Crippen molar-refractivity contribution in [3.8, 4) is 0 Å². The molecule has 0 aromatic carbocycles. The van der Waals surface area contributed by atoms with Crippen molar-refractivity contribution >= 4 is 0 Å². The summed E-state index contributed by atoms with van der Waals surface area (Å²) in [5.41, 5.74) is 0. The molecule has 2 nitrogen and oxygen atoms in total. The summed E-state index contributed by atoms with van der Waals surface area (Å²) in [6, 6.07) is 0. The highest BCUT2D eigenvalue weighted by Crippen LogP contribution is 2.15. The maximum Gasteiger partial charge on any atom is 0.0465 e. The first kappa shape index (κ1) is 10.9. The van der Waals surface area contributed by atoms with Crippen LogP contribution in [0.2, 0.25) is 0 Å². The van der Waals surface area contributed by atoms with Gasteiger partial charge in [0.05, 0.1) is 0 Å². The van der Waals surface area contributed by atoms with Crippen molar-refractivity contribution in [1.82, 2.24) is 4.90 Å². The molecule has 1 aliphatic rings. The Bertz CT molecular complexity index is 79.6. The van der Waals surface area contributed by atoms with Crippen molar-refractivity contribution in [2.24, 2.45) is 5.92 Å². The van der Waals surface area contributed by atoms with E-state index in [9.17, 15) is 0 Å². The lowest BCUT2D eigenvalue weighted by Gasteiger charge is -2.35. The fourth-order valence-electron chi connectivity index (χ4n) is 1.30. The maximum absolute atomic E-state index is 4.96. The average molecular weight is 159 g/mol. The molecule has 0 atom stereocenters. The van der Waals surface area contributed by atoms with E-state index in [0.29, 0.717) is 0 Å². The van der Waals surface area contributed by atoms with E-state index in [1.165, 1.54) is 19.5 Å². The first-order chi connectivity index (χ1) is 5.33. The second-order valence-corrected chi connectivity index (χ2v) is 2.87. The second-order valence-electron chi connectivity index (χ2n) is 2.87. The minimum atomic E-state index is 0.912. The number of methoxy groups -OCH3 is 1. The molecule has 68 valence electrons. The highest BCUT2D eigenvalue weighted by molar-refractivity contribution is 4.75. The van der Waals surface area contributed by atoms with Gasteiger partial charge in [0.15, 0.2) is 0 Å². The van der Waals surface area contributed by atoms with E-state index < -0.39 is 0 Å². The fraction of sp³-hybridized carbons (Fsp3) is 1.00. The summed E-state index contributed by atoms with van der Waals surface area (Å²) in [7, 11) is 3.92. The van der Waals surface area contributed by atoms with Crippen molar-refractivity contribution in [2.75, 3.05) is 33.9 Å². The second kappa shape index (κ2) is 6.62. The van der Waals surface area contributed by atoms with Gasteiger partial charge in [-0.3, -0.25) is 0 Å². The first-order valence-electron chi connectivity index (χ1n) is 4.50. The summed E-state index contributed by atoms with van der Waals surface area (Å²) in [5, 5.41) is 0. The molecule has 0 amide bonds. The van der Waals surface area contributed by atoms with E-state index >= 15 is 0 Å². The van der Waals surface area contributed by atoms with Gasteiger partial charge in [0, 0.05) is 26.8 Å². The van der Waals surface area contributed by atoms with Crippen LogP contribution in [0.4, 0.5) is 0 Å². The highest BCUT2D eigenvalue weighted by atomic mass is 16.5. The zero-order chi connectivity index (χ0) is 8.69. The van der Waals surface area contributed by atoms with E-state index in [2.05, 4.69) is 11.9 Å². The standard InChI is InChI=1S/C7H15NO.C2H6/c1-8-5-7(6-8)3-4-9-2;1-2/h7H,3-6H2,1-2H3;1-2H3. The summed E-state index contributed by atoms with van der Waals surface area (Å²) >= 11 is 0. The van der Waals surface area contributed by atoms with E-state index in [1.54, 1.807) is 7.11 Å². The normalized spacial score (nSPS) is 18.5. The van der Waals surface area contributed by atoms with Gasteiger partial charge in [-0.1, -0.05) is 13.8 Å². The third-order valence-corrected chi connectivity index (χ3v) is 1.87. The van der Waals surface area contributed by atoms with Gasteiger partial charge in [0.2, 0.25) is 0 Å². The molecular weight excluding hydrogens is 138 g/mol. The molecule has 0 bridgehead atoms. The lowest BCUT2D eigenvalue weighted by atomic mass is 9.98. The Morgan fingerprint density at radius 1 is 1.36 bits per heavy atom. The van der Waals surface area contributed by atoms with Crippen molar-refractivity contribution in [2.45, 2.75) is 20.3 Å². The lowest BCUT2D eigenvalue weighted by molar-refractivity contribution is 0.0912. The van der Waals surface area contributed by atoms with Gasteiger partial charge in [-0.15, -0.1) is 0 Å². The smallest absolute Gasteiger partial charge is 0.0465 e. The van der Waals surface area contributed by atoms with Crippen LogP contribution >= 0.6 is 0 Å². The highest BCUT2D eigenvalue weighted by Gasteiger charge is 2.21. The molecule has 0 saturated carbocycles. The van der Waals surface area contributed by atoms with Gasteiger partial charge >= 0.3 is 0 Å². The number of rotatable bonds is 3. The SMILES string of the molecule is CC.COCCC1CN(C)C1. The van der Waals surface area contributed by atoms with Crippen LogP contribution in [0, 0.1) is 5.92 Å². The molecule has 1 aliphatic heterocycles. The summed E-state index contributed by atoms with van der Waals surface area (Å²) in [4.78, 5) is 2.33. The maximum atomic E-state index is 4.96. The predicted octanol–water partition coefficient (Wildman–Crippen LogP) is 1.61. The van der Waals surface area contributed by atoms with Gasteiger partial charge in [-0.2, -0.15) is 0 Å². The molecule has 0 aliphatic carbocycles. The fourth-order valence-corrected chi connectivity index (χ4v) is 1.30. The van der Waals surface area contributed by atoms with Crippen molar-refractivity contribution in [3.05, 3.63) is 0 Å². The molecule has 0 N–H and O–H groups in total. The van der Waals surface area contributed by atoms with Crippen LogP contribution in [0.25, 0.3) is 0 Å². The molecule has 1 saturated heterocycles. The summed E-state index contributed by atoms with van der Waals surface area (Å²) < 4.78 is 4.96. The Balaban J connectivity index is 0.000000461. The number of hydrogen-bond acceptors (Lipinski definition) is 2. The van der Waals surface area contributed by atoms with Crippen LogP contribution in [0.15, 0.2) is 0 Å². The molecule has 11 heavy (non-hydrogen) atoms. The van der Waals surface area contributed by atoms with Crippen LogP contribution in [0.5, 0.6) is 0 Å². The quantitative estimate of drug-likeness (QED) is 0.620. The first-order valence-corrected chi connectivity index (χ1v) is 4.50. The molecule has 0 aromatic heterocycles. The third-order valence-electron chi connectivity index (χ3n) is 1.87. The minimum Gasteiger partial charge on any atom is -0.385 e. The van der Waals surface area contributed by atoms with E-state index in [1.807, 2.05) is 13.8 Å². The van der Waals surface area contributed by atoms with Crippen molar-refractivity contribution in [3.63, 3.8) is 0 Å². The van der Waals surface area contributed by atoms with Crippen LogP contribution in [0.1, 0.15) is 20.3 Å². The topological polar surface area (TPSA) is 12.5 Å². The Labute approximate surface area is 70.5 Å². The molecule has 0 radical (unpaired) electrons. The summed E-state index contributed by atoms with van der Waals surface area (Å²) in [5.74, 6) is 0.912. The van der Waals surface area contributed by atoms with Gasteiger partial charge < -0.3 is 9.64 Å². The van der Waals surface area contributed by atoms with Gasteiger partial charge in [0.25, 0.3) is 0 Å². The van der Waals surface area contributed by atoms with Crippen molar-refractivity contribution < 1.29 is 4.74 Å². The molecule has 0 unspecified atom stereocenters. The zero-order valence-electron chi connectivity index (χ0n) is 8.26. The number of nitrogens with zero attached hydrogens (tertiary/aromatic N) is 1. The van der Waals surface area contributed by atoms with Gasteiger partial charge in [-0.25, -0.2) is 0 Å². The molecule has 0 spiro atoms. The molecule has 0 aromatic rings. The number of hydrogen-bond donors (Lipinski definition) is 0. The zero-order valence-corrected chi connectivity index (χ0v) is 8.26. The van der Waals surface area contributed by atoms with E-state index in [-0.39, 0.29) is 0 Å². The van der Waals surface area contributed by atoms with E-state index in [4.69, 9.17) is 4.74 Å². The van der Waals surface area contributed by atoms with Crippen LogP contribution in [-0.4, -0.2) is 38.8 Å². The lowest BCUT2D eigenvalue weighted by Crippen LogP contribution is -2.43. The molecule has 1 heterocycles. The monoisotopic (exact) mass is 159 g/mol. The van der Waals surface area contributed by atoms with Gasteiger partial charge in [0.1, 0.15) is 0 Å². The Morgan fingerprint density at radius 3 is 2.27 bits per heavy atom. The third kappa shape index (κ3) is 4.38. The number of ether oxygens (including phenoxy) is 1. The average Bonchev–Trinajstić information content (AvgIpc) is 2.00. The number of likely N-dealkylation sites (tertiary alicyclic amines) is 1. The van der Waals surface area contributed by atoms with Crippen LogP contribution in [-0.2, 0) is 4.74 Å². The summed E-state index contributed by atoms with van der Waals surface area (Å²) in [6.45, 7) is 7.46. The van der Waals surface area contributed by atoms with E-state index in [0.717, 1.165) is 12.5 Å². The minimum absolute atomic E-state index is 0.912. The van der Waals surface area contributed by atoms with Crippen molar-refractivity contribution in [1.29, 1.82) is 0 Å². The predicted molar refractivity (Wildman–Crippen MR) is 48.8 cm³/mol. The Kier molecular flexibility index (Phi) is 6.57.